The van der Waals surface area contributed by atoms with Crippen molar-refractivity contribution < 1.29 is 4.74 Å². The zero-order valence-corrected chi connectivity index (χ0v) is 16.4. The minimum Gasteiger partial charge on any atom is -0.397 e. The Morgan fingerprint density at radius 3 is 2.96 bits per heavy atom. The van der Waals surface area contributed by atoms with Crippen molar-refractivity contribution in [3.63, 3.8) is 0 Å². The number of thiazole rings is 1. The predicted molar refractivity (Wildman–Crippen MR) is 115 cm³/mol. The summed E-state index contributed by atoms with van der Waals surface area (Å²) in [6.07, 6.45) is 3.31. The lowest BCUT2D eigenvalue weighted by molar-refractivity contribution is 0.122. The zero-order chi connectivity index (χ0) is 19.9. The monoisotopic (exact) mass is 398 g/mol. The molecule has 8 nitrogen and oxygen atoms in total. The van der Waals surface area contributed by atoms with Crippen LogP contribution < -0.4 is 16.0 Å². The van der Waals surface area contributed by atoms with E-state index in [0.717, 1.165) is 28.8 Å². The number of rotatable bonds is 7. The maximum Gasteiger partial charge on any atom is 0.186 e. The molecule has 0 spiro atoms. The number of nitrogens with two attached hydrogens (primary N) is 1. The summed E-state index contributed by atoms with van der Waals surface area (Å²) >= 11 is 1.57. The van der Waals surface area contributed by atoms with Crippen LogP contribution in [0.2, 0.25) is 0 Å². The normalized spacial score (nSPS) is 15.0. The lowest BCUT2D eigenvalue weighted by Gasteiger charge is -2.26. The summed E-state index contributed by atoms with van der Waals surface area (Å²) in [5, 5.41) is 6.86. The Balaban J connectivity index is 1.63. The number of benzene rings is 1. The van der Waals surface area contributed by atoms with E-state index in [2.05, 4.69) is 31.9 Å². The fraction of sp³-hybridized carbons (Fsp3) is 0.263. The molecule has 0 bridgehead atoms. The Morgan fingerprint density at radius 2 is 2.21 bits per heavy atom. The number of allylic oxidation sites excluding steroid dienone is 1. The van der Waals surface area contributed by atoms with Gasteiger partial charge in [-0.25, -0.2) is 9.98 Å². The Hall–Kier alpha value is -3.04. The lowest BCUT2D eigenvalue weighted by Crippen LogP contribution is -2.36. The van der Waals surface area contributed by atoms with E-state index < -0.39 is 0 Å². The summed E-state index contributed by atoms with van der Waals surface area (Å²) in [7, 11) is 0. The highest BCUT2D eigenvalue weighted by atomic mass is 32.1. The molecule has 0 atom stereocenters. The van der Waals surface area contributed by atoms with Gasteiger partial charge in [0.25, 0.3) is 0 Å². The number of aromatic nitrogens is 1. The van der Waals surface area contributed by atoms with Crippen molar-refractivity contribution in [3.05, 3.63) is 58.2 Å². The van der Waals surface area contributed by atoms with Crippen molar-refractivity contribution in [1.29, 1.82) is 0 Å². The smallest absolute Gasteiger partial charge is 0.186 e. The van der Waals surface area contributed by atoms with Gasteiger partial charge in [-0.05, 0) is 36.4 Å². The molecule has 0 saturated carbocycles. The van der Waals surface area contributed by atoms with Gasteiger partial charge in [0.15, 0.2) is 5.13 Å². The topological polar surface area (TPSA) is 105 Å². The fourth-order valence-electron chi connectivity index (χ4n) is 2.66. The van der Waals surface area contributed by atoms with Gasteiger partial charge >= 0.3 is 0 Å². The second-order valence-electron chi connectivity index (χ2n) is 6.12. The van der Waals surface area contributed by atoms with E-state index in [0.29, 0.717) is 36.1 Å². The first-order chi connectivity index (χ1) is 13.6. The van der Waals surface area contributed by atoms with Crippen LogP contribution in [-0.4, -0.2) is 37.5 Å². The number of morpholine rings is 1. The van der Waals surface area contributed by atoms with Gasteiger partial charge in [0.2, 0.25) is 0 Å². The largest absolute Gasteiger partial charge is 0.397 e. The van der Waals surface area contributed by atoms with Crippen LogP contribution in [-0.2, 0) is 4.74 Å². The van der Waals surface area contributed by atoms with Crippen LogP contribution >= 0.6 is 11.3 Å². The van der Waals surface area contributed by atoms with E-state index in [1.165, 1.54) is 0 Å². The molecule has 0 aliphatic carbocycles. The molecule has 1 aliphatic heterocycles. The fourth-order valence-corrected chi connectivity index (χ4v) is 3.72. The van der Waals surface area contributed by atoms with Gasteiger partial charge in [0, 0.05) is 25.0 Å². The highest BCUT2D eigenvalue weighted by molar-refractivity contribution is 7.16. The van der Waals surface area contributed by atoms with Crippen molar-refractivity contribution in [1.82, 2.24) is 4.98 Å². The quantitative estimate of drug-likeness (QED) is 0.545. The van der Waals surface area contributed by atoms with Crippen molar-refractivity contribution in [2.24, 2.45) is 15.9 Å². The first kappa shape index (κ1) is 19.7. The molecule has 1 aliphatic rings. The first-order valence-electron chi connectivity index (χ1n) is 8.76. The van der Waals surface area contributed by atoms with Gasteiger partial charge in [0.05, 0.1) is 29.5 Å². The van der Waals surface area contributed by atoms with E-state index >= 15 is 0 Å². The molecular formula is C19H22N6O2S. The molecule has 0 unspecified atom stereocenters. The van der Waals surface area contributed by atoms with Crippen LogP contribution in [0.4, 0.5) is 16.5 Å². The van der Waals surface area contributed by atoms with Crippen molar-refractivity contribution >= 4 is 39.8 Å². The molecule has 0 amide bonds. The second kappa shape index (κ2) is 9.25. The Bertz CT molecular complexity index is 915. The van der Waals surface area contributed by atoms with E-state index in [9.17, 15) is 4.91 Å². The Morgan fingerprint density at radius 1 is 1.43 bits per heavy atom. The van der Waals surface area contributed by atoms with E-state index in [4.69, 9.17) is 10.5 Å². The van der Waals surface area contributed by atoms with Gasteiger partial charge in [-0.15, -0.1) is 4.91 Å². The molecule has 1 aromatic carbocycles. The number of hydrogen-bond acceptors (Lipinski definition) is 9. The molecule has 1 saturated heterocycles. The maximum absolute atomic E-state index is 10.6. The third-order valence-corrected chi connectivity index (χ3v) is 5.32. The number of nitrogens with one attached hydrogen (secondary N) is 1. The van der Waals surface area contributed by atoms with Gasteiger partial charge in [-0.3, -0.25) is 0 Å². The van der Waals surface area contributed by atoms with Gasteiger partial charge in [-0.1, -0.05) is 24.0 Å². The number of anilines is 2. The number of aryl methyl sites for hydroxylation is 1. The maximum atomic E-state index is 10.6. The summed E-state index contributed by atoms with van der Waals surface area (Å²) in [6.45, 7) is 8.89. The van der Waals surface area contributed by atoms with Crippen LogP contribution in [0.1, 0.15) is 10.6 Å². The molecule has 2 aromatic rings. The molecular weight excluding hydrogens is 376 g/mol. The molecule has 3 rings (SSSR count). The number of nitroso groups, excluding NO2 is 1. The third-order valence-electron chi connectivity index (χ3n) is 4.05. The van der Waals surface area contributed by atoms with Crippen molar-refractivity contribution in [3.8, 4) is 0 Å². The van der Waals surface area contributed by atoms with Crippen LogP contribution in [0.25, 0.3) is 5.70 Å². The SMILES string of the molecule is C=C(/N=C\C=C(/N)c1sc(N2CCOCC2)nc1C)Nc1cccc(N=O)c1. The second-order valence-corrected chi connectivity index (χ2v) is 7.10. The molecule has 1 fully saturated rings. The van der Waals surface area contributed by atoms with Crippen molar-refractivity contribution in [2.45, 2.75) is 6.92 Å². The zero-order valence-electron chi connectivity index (χ0n) is 15.6. The average molecular weight is 398 g/mol. The lowest BCUT2D eigenvalue weighted by atomic mass is 10.3. The van der Waals surface area contributed by atoms with Crippen molar-refractivity contribution in [2.75, 3.05) is 36.5 Å². The Labute approximate surface area is 167 Å². The average Bonchev–Trinajstić information content (AvgIpc) is 3.10. The summed E-state index contributed by atoms with van der Waals surface area (Å²) in [6, 6.07) is 6.77. The molecule has 9 heteroatoms. The summed E-state index contributed by atoms with van der Waals surface area (Å²) in [5.41, 5.74) is 8.72. The Kier molecular flexibility index (Phi) is 6.51. The number of nitrogens with zero attached hydrogens (tertiary/aromatic N) is 4. The predicted octanol–water partition coefficient (Wildman–Crippen LogP) is 3.64. The first-order valence-corrected chi connectivity index (χ1v) is 9.58. The van der Waals surface area contributed by atoms with Crippen LogP contribution in [0.5, 0.6) is 0 Å². The molecule has 3 N–H and O–H groups in total. The minimum absolute atomic E-state index is 0.336. The van der Waals surface area contributed by atoms with Crippen LogP contribution in [0.3, 0.4) is 0 Å². The highest BCUT2D eigenvalue weighted by Gasteiger charge is 2.17. The van der Waals surface area contributed by atoms with Crippen LogP contribution in [0, 0.1) is 11.8 Å². The minimum atomic E-state index is 0.336. The standard InChI is InChI=1S/C19H22N6O2S/c1-13-18(28-19(22-13)25-8-10-27-11-9-25)17(20)6-7-21-14(2)23-15-4-3-5-16(12-15)24-26/h3-7,12,23H,2,8-11,20H2,1H3/b17-6-,21-7-. The number of hydrogen-bond donors (Lipinski definition) is 2. The summed E-state index contributed by atoms with van der Waals surface area (Å²) in [4.78, 5) is 22.6. The van der Waals surface area contributed by atoms with E-state index in [1.54, 1.807) is 47.9 Å². The molecule has 2 heterocycles. The molecule has 1 aromatic heterocycles. The summed E-state index contributed by atoms with van der Waals surface area (Å²) < 4.78 is 5.38. The van der Waals surface area contributed by atoms with Gasteiger partial charge in [-0.2, -0.15) is 0 Å². The number of ether oxygens (including phenoxy) is 1. The highest BCUT2D eigenvalue weighted by Crippen LogP contribution is 2.29. The van der Waals surface area contributed by atoms with Crippen LogP contribution in [0.15, 0.2) is 52.9 Å². The number of aliphatic imine (C=N–C) groups is 1. The van der Waals surface area contributed by atoms with Gasteiger partial charge < -0.3 is 20.7 Å². The van der Waals surface area contributed by atoms with E-state index in [-0.39, 0.29) is 0 Å². The third kappa shape index (κ3) is 5.02. The van der Waals surface area contributed by atoms with E-state index in [1.807, 2.05) is 6.92 Å². The molecule has 0 radical (unpaired) electrons. The molecule has 28 heavy (non-hydrogen) atoms. The summed E-state index contributed by atoms with van der Waals surface area (Å²) in [5.74, 6) is 0.419. The van der Waals surface area contributed by atoms with Gasteiger partial charge in [0.1, 0.15) is 11.5 Å². The molecule has 146 valence electrons.